The molecule has 0 bridgehead atoms. The van der Waals surface area contributed by atoms with Gasteiger partial charge in [-0.2, -0.15) is 5.10 Å². The SMILES string of the molecule is Cc1[nH]ncc1S(=O)(=O)NC1(CCl)CCCC1. The summed E-state index contributed by atoms with van der Waals surface area (Å²) < 4.78 is 27.2. The van der Waals surface area contributed by atoms with E-state index in [4.69, 9.17) is 11.6 Å². The first-order valence-corrected chi connectivity index (χ1v) is 7.61. The van der Waals surface area contributed by atoms with E-state index in [9.17, 15) is 8.42 Å². The van der Waals surface area contributed by atoms with Crippen LogP contribution in [0.25, 0.3) is 0 Å². The largest absolute Gasteiger partial charge is 0.281 e. The highest BCUT2D eigenvalue weighted by Gasteiger charge is 2.37. The van der Waals surface area contributed by atoms with Gasteiger partial charge in [-0.25, -0.2) is 13.1 Å². The third kappa shape index (κ3) is 2.48. The zero-order chi connectivity index (χ0) is 12.5. The molecule has 0 unspecified atom stereocenters. The normalized spacial score (nSPS) is 19.6. The number of halogens is 1. The molecule has 1 aromatic heterocycles. The lowest BCUT2D eigenvalue weighted by molar-refractivity contribution is 0.432. The molecule has 17 heavy (non-hydrogen) atoms. The van der Waals surface area contributed by atoms with Crippen LogP contribution in [0.2, 0.25) is 0 Å². The van der Waals surface area contributed by atoms with Crippen LogP contribution >= 0.6 is 11.6 Å². The van der Waals surface area contributed by atoms with Crippen molar-refractivity contribution in [3.8, 4) is 0 Å². The van der Waals surface area contributed by atoms with Gasteiger partial charge in [-0.3, -0.25) is 5.10 Å². The second-order valence-corrected chi connectivity index (χ2v) is 6.50. The first-order valence-electron chi connectivity index (χ1n) is 5.59. The van der Waals surface area contributed by atoms with Gasteiger partial charge >= 0.3 is 0 Å². The summed E-state index contributed by atoms with van der Waals surface area (Å²) in [7, 11) is -3.53. The summed E-state index contributed by atoms with van der Waals surface area (Å²) in [6, 6.07) is 0. The van der Waals surface area contributed by atoms with Gasteiger partial charge in [0.25, 0.3) is 0 Å². The maximum absolute atomic E-state index is 12.2. The van der Waals surface area contributed by atoms with Gasteiger partial charge in [0.05, 0.1) is 11.9 Å². The number of nitrogens with one attached hydrogen (secondary N) is 2. The van der Waals surface area contributed by atoms with Gasteiger partial charge in [0.1, 0.15) is 4.90 Å². The van der Waals surface area contributed by atoms with Crippen LogP contribution in [0.15, 0.2) is 11.1 Å². The van der Waals surface area contributed by atoms with Crippen molar-refractivity contribution in [2.45, 2.75) is 43.0 Å². The molecule has 2 N–H and O–H groups in total. The summed E-state index contributed by atoms with van der Waals surface area (Å²) in [5.74, 6) is 0.309. The number of aryl methyl sites for hydroxylation is 1. The molecule has 0 amide bonds. The summed E-state index contributed by atoms with van der Waals surface area (Å²) in [5, 5.41) is 6.36. The average molecular weight is 278 g/mol. The topological polar surface area (TPSA) is 74.8 Å². The minimum Gasteiger partial charge on any atom is -0.281 e. The van der Waals surface area contributed by atoms with Gasteiger partial charge in [0, 0.05) is 11.4 Å². The maximum atomic E-state index is 12.2. The third-order valence-electron chi connectivity index (χ3n) is 3.24. The number of hydrogen-bond acceptors (Lipinski definition) is 3. The Labute approximate surface area is 106 Å². The fraction of sp³-hybridized carbons (Fsp3) is 0.700. The fourth-order valence-electron chi connectivity index (χ4n) is 2.27. The minimum atomic E-state index is -3.53. The fourth-order valence-corrected chi connectivity index (χ4v) is 4.28. The van der Waals surface area contributed by atoms with Crippen molar-refractivity contribution in [2.24, 2.45) is 0 Å². The molecule has 1 aliphatic carbocycles. The standard InChI is InChI=1S/C10H16ClN3O2S/c1-8-9(6-12-13-8)17(15,16)14-10(7-11)4-2-3-5-10/h6,14H,2-5,7H2,1H3,(H,12,13). The number of aromatic nitrogens is 2. The predicted molar refractivity (Wildman–Crippen MR) is 65.6 cm³/mol. The van der Waals surface area contributed by atoms with Crippen LogP contribution < -0.4 is 4.72 Å². The van der Waals surface area contributed by atoms with Crippen LogP contribution in [0.4, 0.5) is 0 Å². The first kappa shape index (κ1) is 12.9. The average Bonchev–Trinajstić information content (AvgIpc) is 2.87. The second kappa shape index (κ2) is 4.59. The van der Waals surface area contributed by atoms with Crippen LogP contribution in [0.5, 0.6) is 0 Å². The summed E-state index contributed by atoms with van der Waals surface area (Å²) in [6.45, 7) is 1.68. The Balaban J connectivity index is 2.26. The Morgan fingerprint density at radius 2 is 2.18 bits per heavy atom. The highest BCUT2D eigenvalue weighted by molar-refractivity contribution is 7.89. The molecule has 5 nitrogen and oxygen atoms in total. The second-order valence-electron chi connectivity index (χ2n) is 4.59. The lowest BCUT2D eigenvalue weighted by Gasteiger charge is -2.27. The molecule has 0 radical (unpaired) electrons. The number of rotatable bonds is 4. The van der Waals surface area contributed by atoms with Crippen molar-refractivity contribution >= 4 is 21.6 Å². The van der Waals surface area contributed by atoms with Gasteiger partial charge in [0.2, 0.25) is 10.0 Å². The summed E-state index contributed by atoms with van der Waals surface area (Å²) in [4.78, 5) is 0.203. The molecule has 7 heteroatoms. The maximum Gasteiger partial charge on any atom is 0.244 e. The summed E-state index contributed by atoms with van der Waals surface area (Å²) >= 11 is 5.92. The predicted octanol–water partition coefficient (Wildman–Crippen LogP) is 1.55. The van der Waals surface area contributed by atoms with Crippen LogP contribution in [-0.4, -0.2) is 30.0 Å². The Morgan fingerprint density at radius 1 is 1.53 bits per heavy atom. The summed E-state index contributed by atoms with van der Waals surface area (Å²) in [5.41, 5.74) is 0.0598. The Kier molecular flexibility index (Phi) is 3.47. The van der Waals surface area contributed by atoms with Crippen molar-refractivity contribution in [1.82, 2.24) is 14.9 Å². The van der Waals surface area contributed by atoms with E-state index < -0.39 is 15.6 Å². The quantitative estimate of drug-likeness (QED) is 0.820. The van der Waals surface area contributed by atoms with E-state index in [1.807, 2.05) is 0 Å². The molecule has 1 aliphatic rings. The molecule has 96 valence electrons. The monoisotopic (exact) mass is 277 g/mol. The first-order chi connectivity index (χ1) is 7.99. The van der Waals surface area contributed by atoms with Gasteiger partial charge in [-0.05, 0) is 19.8 Å². The molecule has 0 aromatic carbocycles. The van der Waals surface area contributed by atoms with Crippen molar-refractivity contribution in [3.05, 3.63) is 11.9 Å². The van der Waals surface area contributed by atoms with Gasteiger partial charge in [-0.1, -0.05) is 12.8 Å². The van der Waals surface area contributed by atoms with E-state index in [1.165, 1.54) is 6.20 Å². The molecule has 1 saturated carbocycles. The minimum absolute atomic E-state index is 0.203. The Morgan fingerprint density at radius 3 is 2.65 bits per heavy atom. The number of hydrogen-bond donors (Lipinski definition) is 2. The molecule has 0 atom stereocenters. The van der Waals surface area contributed by atoms with Crippen molar-refractivity contribution in [1.29, 1.82) is 0 Å². The number of aromatic amines is 1. The molecular weight excluding hydrogens is 262 g/mol. The van der Waals surface area contributed by atoms with Crippen LogP contribution in [0, 0.1) is 6.92 Å². The summed E-state index contributed by atoms with van der Waals surface area (Å²) in [6.07, 6.45) is 4.95. The highest BCUT2D eigenvalue weighted by Crippen LogP contribution is 2.32. The lowest BCUT2D eigenvalue weighted by Crippen LogP contribution is -2.47. The van der Waals surface area contributed by atoms with Crippen LogP contribution in [0.1, 0.15) is 31.4 Å². The molecule has 0 saturated heterocycles. The Hall–Kier alpha value is -0.590. The third-order valence-corrected chi connectivity index (χ3v) is 5.44. The van der Waals surface area contributed by atoms with E-state index in [1.54, 1.807) is 6.92 Å². The van der Waals surface area contributed by atoms with Gasteiger partial charge in [-0.15, -0.1) is 11.6 Å². The van der Waals surface area contributed by atoms with Crippen molar-refractivity contribution in [3.63, 3.8) is 0 Å². The van der Waals surface area contributed by atoms with Gasteiger partial charge < -0.3 is 0 Å². The van der Waals surface area contributed by atoms with E-state index in [-0.39, 0.29) is 4.90 Å². The lowest BCUT2D eigenvalue weighted by atomic mass is 10.0. The molecule has 1 heterocycles. The number of alkyl halides is 1. The number of sulfonamides is 1. The number of nitrogens with zero attached hydrogens (tertiary/aromatic N) is 1. The highest BCUT2D eigenvalue weighted by atomic mass is 35.5. The number of H-pyrrole nitrogens is 1. The molecule has 0 aliphatic heterocycles. The van der Waals surface area contributed by atoms with E-state index in [0.29, 0.717) is 11.6 Å². The van der Waals surface area contributed by atoms with E-state index in [2.05, 4.69) is 14.9 Å². The van der Waals surface area contributed by atoms with Crippen LogP contribution in [-0.2, 0) is 10.0 Å². The smallest absolute Gasteiger partial charge is 0.244 e. The molecule has 1 fully saturated rings. The molecular formula is C10H16ClN3O2S. The van der Waals surface area contributed by atoms with Crippen molar-refractivity contribution in [2.75, 3.05) is 5.88 Å². The van der Waals surface area contributed by atoms with Crippen molar-refractivity contribution < 1.29 is 8.42 Å². The Bertz CT molecular complexity index is 491. The zero-order valence-corrected chi connectivity index (χ0v) is 11.2. The van der Waals surface area contributed by atoms with E-state index >= 15 is 0 Å². The van der Waals surface area contributed by atoms with Crippen LogP contribution in [0.3, 0.4) is 0 Å². The molecule has 2 rings (SSSR count). The van der Waals surface area contributed by atoms with E-state index in [0.717, 1.165) is 25.7 Å². The zero-order valence-electron chi connectivity index (χ0n) is 9.66. The molecule has 0 spiro atoms. The molecule has 1 aromatic rings. The van der Waals surface area contributed by atoms with Gasteiger partial charge in [0.15, 0.2) is 0 Å².